The summed E-state index contributed by atoms with van der Waals surface area (Å²) in [4.78, 5) is 4.41. The molecule has 1 aromatic heterocycles. The highest BCUT2D eigenvalue weighted by Crippen LogP contribution is 2.43. The maximum Gasteiger partial charge on any atom is 0.0897 e. The molecule has 0 aliphatic heterocycles. The van der Waals surface area contributed by atoms with Crippen LogP contribution < -0.4 is 0 Å². The van der Waals surface area contributed by atoms with Crippen LogP contribution in [0.5, 0.6) is 0 Å². The van der Waals surface area contributed by atoms with Gasteiger partial charge in [0, 0.05) is 11.6 Å². The molecule has 0 spiro atoms. The van der Waals surface area contributed by atoms with Crippen LogP contribution in [0.1, 0.15) is 51.5 Å². The zero-order valence-corrected chi connectivity index (χ0v) is 12.4. The largest absolute Gasteiger partial charge is 0.385 e. The fraction of sp³-hybridized carbons (Fsp3) is 0.500. The first-order chi connectivity index (χ1) is 9.49. The standard InChI is InChI=1S/C18H23NO/c1-17(2)8-4-9-18(20,11-10-17)15-7-6-14-5-3-12-19-16(14)13-15/h3,5-7,12-13,20H,4,8-11H2,1-2H3. The Morgan fingerprint density at radius 1 is 1.05 bits per heavy atom. The van der Waals surface area contributed by atoms with Gasteiger partial charge in [0.15, 0.2) is 0 Å². The molecule has 1 saturated carbocycles. The first-order valence-electron chi connectivity index (χ1n) is 7.56. The van der Waals surface area contributed by atoms with E-state index in [4.69, 9.17) is 0 Å². The third kappa shape index (κ3) is 2.57. The van der Waals surface area contributed by atoms with E-state index in [1.54, 1.807) is 0 Å². The zero-order chi connectivity index (χ0) is 14.2. The summed E-state index contributed by atoms with van der Waals surface area (Å²) in [6, 6.07) is 10.2. The molecule has 1 aliphatic rings. The Balaban J connectivity index is 1.96. The maximum atomic E-state index is 11.1. The van der Waals surface area contributed by atoms with Crippen LogP contribution in [-0.2, 0) is 5.60 Å². The van der Waals surface area contributed by atoms with Crippen LogP contribution in [0.25, 0.3) is 10.9 Å². The third-order valence-corrected chi connectivity index (χ3v) is 4.80. The van der Waals surface area contributed by atoms with Crippen LogP contribution in [0.2, 0.25) is 0 Å². The van der Waals surface area contributed by atoms with E-state index < -0.39 is 5.60 Å². The molecular weight excluding hydrogens is 246 g/mol. The van der Waals surface area contributed by atoms with Crippen molar-refractivity contribution in [3.63, 3.8) is 0 Å². The van der Waals surface area contributed by atoms with Crippen molar-refractivity contribution in [1.29, 1.82) is 0 Å². The summed E-state index contributed by atoms with van der Waals surface area (Å²) in [5.74, 6) is 0. The Hall–Kier alpha value is -1.41. The van der Waals surface area contributed by atoms with Gasteiger partial charge in [0.05, 0.1) is 11.1 Å². The molecule has 1 atom stereocenters. The van der Waals surface area contributed by atoms with Gasteiger partial charge in [-0.1, -0.05) is 32.0 Å². The summed E-state index contributed by atoms with van der Waals surface area (Å²) >= 11 is 0. The molecule has 0 bridgehead atoms. The fourth-order valence-corrected chi connectivity index (χ4v) is 3.30. The average molecular weight is 269 g/mol. The van der Waals surface area contributed by atoms with Gasteiger partial charge >= 0.3 is 0 Å². The molecule has 0 amide bonds. The van der Waals surface area contributed by atoms with Gasteiger partial charge in [0.1, 0.15) is 0 Å². The SMILES string of the molecule is CC1(C)CCCC(O)(c2ccc3cccnc3c2)CC1. The first-order valence-corrected chi connectivity index (χ1v) is 7.56. The van der Waals surface area contributed by atoms with Gasteiger partial charge in [-0.25, -0.2) is 0 Å². The molecule has 1 aliphatic carbocycles. The number of hydrogen-bond donors (Lipinski definition) is 1. The summed E-state index contributed by atoms with van der Waals surface area (Å²) in [7, 11) is 0. The lowest BCUT2D eigenvalue weighted by Gasteiger charge is -2.28. The minimum atomic E-state index is -0.681. The molecule has 0 saturated heterocycles. The second kappa shape index (κ2) is 4.85. The summed E-state index contributed by atoms with van der Waals surface area (Å²) in [5, 5.41) is 12.2. The second-order valence-electron chi connectivity index (χ2n) is 6.96. The zero-order valence-electron chi connectivity index (χ0n) is 12.4. The van der Waals surface area contributed by atoms with Gasteiger partial charge in [-0.2, -0.15) is 0 Å². The molecule has 1 heterocycles. The molecule has 1 unspecified atom stereocenters. The monoisotopic (exact) mass is 269 g/mol. The van der Waals surface area contributed by atoms with E-state index in [0.717, 1.165) is 42.1 Å². The second-order valence-corrected chi connectivity index (χ2v) is 6.96. The first kappa shape index (κ1) is 13.6. The molecule has 2 nitrogen and oxygen atoms in total. The normalized spacial score (nSPS) is 26.4. The topological polar surface area (TPSA) is 33.1 Å². The lowest BCUT2D eigenvalue weighted by atomic mass is 9.82. The van der Waals surface area contributed by atoms with Gasteiger partial charge in [-0.05, 0) is 55.2 Å². The molecule has 2 aromatic rings. The predicted octanol–water partition coefficient (Wildman–Crippen LogP) is 4.41. The van der Waals surface area contributed by atoms with E-state index >= 15 is 0 Å². The summed E-state index contributed by atoms with van der Waals surface area (Å²) in [6.45, 7) is 4.61. The van der Waals surface area contributed by atoms with E-state index in [-0.39, 0.29) is 0 Å². The van der Waals surface area contributed by atoms with Crippen LogP contribution >= 0.6 is 0 Å². The average Bonchev–Trinajstić information content (AvgIpc) is 2.58. The number of nitrogens with zero attached hydrogens (tertiary/aromatic N) is 1. The van der Waals surface area contributed by atoms with Gasteiger partial charge < -0.3 is 5.11 Å². The van der Waals surface area contributed by atoms with Crippen LogP contribution in [0.15, 0.2) is 36.5 Å². The van der Waals surface area contributed by atoms with E-state index in [0.29, 0.717) is 5.41 Å². The lowest BCUT2D eigenvalue weighted by Crippen LogP contribution is -2.25. The third-order valence-electron chi connectivity index (χ3n) is 4.80. The number of pyridine rings is 1. The predicted molar refractivity (Wildman–Crippen MR) is 82.5 cm³/mol. The van der Waals surface area contributed by atoms with Crippen molar-refractivity contribution in [2.45, 2.75) is 51.6 Å². The molecule has 20 heavy (non-hydrogen) atoms. The van der Waals surface area contributed by atoms with E-state index in [2.05, 4.69) is 43.1 Å². The van der Waals surface area contributed by atoms with Crippen LogP contribution in [0, 0.1) is 5.41 Å². The van der Waals surface area contributed by atoms with Crippen molar-refractivity contribution >= 4 is 10.9 Å². The molecule has 0 radical (unpaired) electrons. The van der Waals surface area contributed by atoms with Gasteiger partial charge in [0.2, 0.25) is 0 Å². The van der Waals surface area contributed by atoms with E-state index in [1.807, 2.05) is 12.3 Å². The number of hydrogen-bond acceptors (Lipinski definition) is 2. The summed E-state index contributed by atoms with van der Waals surface area (Å²) < 4.78 is 0. The Labute approximate surface area is 120 Å². The minimum absolute atomic E-state index is 0.347. The van der Waals surface area contributed by atoms with Crippen molar-refractivity contribution in [3.8, 4) is 0 Å². The minimum Gasteiger partial charge on any atom is -0.385 e. The lowest BCUT2D eigenvalue weighted by molar-refractivity contribution is 0.0181. The highest BCUT2D eigenvalue weighted by atomic mass is 16.3. The van der Waals surface area contributed by atoms with Crippen molar-refractivity contribution in [3.05, 3.63) is 42.1 Å². The molecule has 1 fully saturated rings. The highest BCUT2D eigenvalue weighted by Gasteiger charge is 2.35. The molecule has 1 aromatic carbocycles. The number of rotatable bonds is 1. The maximum absolute atomic E-state index is 11.1. The quantitative estimate of drug-likeness (QED) is 0.778. The van der Waals surface area contributed by atoms with Crippen molar-refractivity contribution in [1.82, 2.24) is 4.98 Å². The summed E-state index contributed by atoms with van der Waals surface area (Å²) in [6.07, 6.45) is 6.87. The Kier molecular flexibility index (Phi) is 3.29. The van der Waals surface area contributed by atoms with Crippen molar-refractivity contribution in [2.24, 2.45) is 5.41 Å². The molecule has 106 valence electrons. The Morgan fingerprint density at radius 3 is 2.75 bits per heavy atom. The van der Waals surface area contributed by atoms with Gasteiger partial charge in [-0.15, -0.1) is 0 Å². The fourth-order valence-electron chi connectivity index (χ4n) is 3.30. The van der Waals surface area contributed by atoms with E-state index in [9.17, 15) is 5.11 Å². The number of aromatic nitrogens is 1. The van der Waals surface area contributed by atoms with Crippen molar-refractivity contribution in [2.75, 3.05) is 0 Å². The Morgan fingerprint density at radius 2 is 1.90 bits per heavy atom. The Bertz CT molecular complexity index is 620. The molecule has 3 rings (SSSR count). The molecule has 1 N–H and O–H groups in total. The number of benzene rings is 1. The van der Waals surface area contributed by atoms with E-state index in [1.165, 1.54) is 6.42 Å². The number of aliphatic hydroxyl groups is 1. The summed E-state index contributed by atoms with van der Waals surface area (Å²) in [5.41, 5.74) is 1.67. The molecular formula is C18H23NO. The van der Waals surface area contributed by atoms with Gasteiger partial charge in [-0.3, -0.25) is 4.98 Å². The van der Waals surface area contributed by atoms with Crippen LogP contribution in [-0.4, -0.2) is 10.1 Å². The number of fused-ring (bicyclic) bond motifs is 1. The van der Waals surface area contributed by atoms with Crippen LogP contribution in [0.4, 0.5) is 0 Å². The van der Waals surface area contributed by atoms with Gasteiger partial charge in [0.25, 0.3) is 0 Å². The van der Waals surface area contributed by atoms with Crippen LogP contribution in [0.3, 0.4) is 0 Å². The highest BCUT2D eigenvalue weighted by molar-refractivity contribution is 5.79. The van der Waals surface area contributed by atoms with Crippen molar-refractivity contribution < 1.29 is 5.11 Å². The smallest absolute Gasteiger partial charge is 0.0897 e. The molecule has 2 heteroatoms.